The van der Waals surface area contributed by atoms with Gasteiger partial charge in [0.15, 0.2) is 11.6 Å². The maximum absolute atomic E-state index is 13.3. The van der Waals surface area contributed by atoms with Crippen LogP contribution in [0.25, 0.3) is 0 Å². The quantitative estimate of drug-likeness (QED) is 0.255. The molecule has 0 aliphatic heterocycles. The summed E-state index contributed by atoms with van der Waals surface area (Å²) in [6.07, 6.45) is 1.77. The van der Waals surface area contributed by atoms with E-state index in [9.17, 15) is 22.6 Å². The number of rotatable bonds is 5. The van der Waals surface area contributed by atoms with Crippen molar-refractivity contribution in [3.63, 3.8) is 0 Å². The Bertz CT molecular complexity index is 1350. The number of nitrogens with one attached hydrogen (secondary N) is 1. The number of anilines is 3. The Hall–Kier alpha value is -2.49. The van der Waals surface area contributed by atoms with Crippen LogP contribution in [0, 0.1) is 0 Å². The number of benzene rings is 3. The number of hydrogen-bond donors (Lipinski definition) is 2. The van der Waals surface area contributed by atoms with Crippen molar-refractivity contribution < 1.29 is 52.1 Å². The van der Waals surface area contributed by atoms with Crippen molar-refractivity contribution in [2.75, 3.05) is 11.1 Å². The Balaban J connectivity index is 0.00000289. The van der Waals surface area contributed by atoms with E-state index in [1.165, 1.54) is 12.1 Å². The van der Waals surface area contributed by atoms with Gasteiger partial charge >= 0.3 is 29.6 Å². The summed E-state index contributed by atoms with van der Waals surface area (Å²) < 4.78 is 35.6. The van der Waals surface area contributed by atoms with Crippen molar-refractivity contribution in [2.24, 2.45) is 0 Å². The molecule has 0 unspecified atom stereocenters. The second-order valence-corrected chi connectivity index (χ2v) is 8.67. The zero-order chi connectivity index (χ0) is 22.3. The molecule has 158 valence electrons. The molecular weight excluding hydrogens is 439 g/mol. The molecule has 0 bridgehead atoms. The van der Waals surface area contributed by atoms with Gasteiger partial charge in [0.05, 0.1) is 27.4 Å². The minimum Gasteiger partial charge on any atom is -0.744 e. The average Bonchev–Trinajstić information content (AvgIpc) is 2.72. The molecule has 0 spiro atoms. The third-order valence-corrected chi connectivity index (χ3v) is 6.09. The molecule has 1 aliphatic rings. The fraction of sp³-hybridized carbons (Fsp3) is 0.130. The molecule has 3 aromatic rings. The molecule has 0 amide bonds. The molecule has 0 radical (unpaired) electrons. The third-order valence-electron chi connectivity index (χ3n) is 5.21. The number of fused-ring (bicyclic) bond motifs is 2. The van der Waals surface area contributed by atoms with Gasteiger partial charge in [-0.15, -0.1) is 0 Å². The summed E-state index contributed by atoms with van der Waals surface area (Å²) in [6.45, 7) is 2.05. The minimum absolute atomic E-state index is 0. The number of nitrogens with two attached hydrogens (primary N) is 1. The topological polar surface area (TPSA) is 129 Å². The van der Waals surface area contributed by atoms with Gasteiger partial charge in [-0.2, -0.15) is 0 Å². The van der Waals surface area contributed by atoms with E-state index >= 15 is 0 Å². The van der Waals surface area contributed by atoms with E-state index in [4.69, 9.17) is 5.73 Å². The van der Waals surface area contributed by atoms with Crippen LogP contribution in [0.4, 0.5) is 17.1 Å². The van der Waals surface area contributed by atoms with Crippen LogP contribution in [0.2, 0.25) is 0 Å². The SMILES string of the molecule is CCCc1cccc(Nc2cc(S(=O)(=O)[O-])c(N)c3c2C(=O)c2ccccc2C3=O)c1.[Na+]. The number of hydrogen-bond acceptors (Lipinski definition) is 7. The van der Waals surface area contributed by atoms with Crippen molar-refractivity contribution in [1.29, 1.82) is 0 Å². The van der Waals surface area contributed by atoms with Crippen LogP contribution >= 0.6 is 0 Å². The number of aryl methyl sites for hydroxylation is 1. The van der Waals surface area contributed by atoms with Gasteiger partial charge in [0, 0.05) is 16.8 Å². The van der Waals surface area contributed by atoms with E-state index in [-0.39, 0.29) is 57.5 Å². The fourth-order valence-electron chi connectivity index (χ4n) is 3.85. The van der Waals surface area contributed by atoms with Crippen LogP contribution < -0.4 is 40.6 Å². The van der Waals surface area contributed by atoms with Crippen LogP contribution in [0.15, 0.2) is 59.5 Å². The molecule has 3 N–H and O–H groups in total. The summed E-state index contributed by atoms with van der Waals surface area (Å²) in [5.74, 6) is -1.07. The van der Waals surface area contributed by atoms with E-state index in [1.54, 1.807) is 18.2 Å². The normalized spacial score (nSPS) is 12.6. The Morgan fingerprint density at radius 3 is 2.16 bits per heavy atom. The predicted molar refractivity (Wildman–Crippen MR) is 116 cm³/mol. The van der Waals surface area contributed by atoms with Gasteiger partial charge in [-0.05, 0) is 30.2 Å². The second-order valence-electron chi connectivity index (χ2n) is 7.32. The van der Waals surface area contributed by atoms with E-state index in [2.05, 4.69) is 5.32 Å². The van der Waals surface area contributed by atoms with Gasteiger partial charge in [0.2, 0.25) is 0 Å². The summed E-state index contributed by atoms with van der Waals surface area (Å²) in [7, 11) is -5.00. The zero-order valence-electron chi connectivity index (χ0n) is 17.6. The maximum Gasteiger partial charge on any atom is 1.00 e. The summed E-state index contributed by atoms with van der Waals surface area (Å²) >= 11 is 0. The Morgan fingerprint density at radius 2 is 1.56 bits per heavy atom. The van der Waals surface area contributed by atoms with Crippen molar-refractivity contribution in [3.05, 3.63) is 82.4 Å². The largest absolute Gasteiger partial charge is 1.00 e. The molecule has 32 heavy (non-hydrogen) atoms. The van der Waals surface area contributed by atoms with Crippen LogP contribution in [-0.4, -0.2) is 24.5 Å². The van der Waals surface area contributed by atoms with Gasteiger partial charge in [-0.3, -0.25) is 9.59 Å². The van der Waals surface area contributed by atoms with Crippen LogP contribution in [0.5, 0.6) is 0 Å². The molecule has 0 fully saturated rings. The maximum atomic E-state index is 13.3. The van der Waals surface area contributed by atoms with Crippen molar-refractivity contribution >= 4 is 38.7 Å². The molecular formula is C23H19N2NaO5S. The monoisotopic (exact) mass is 458 g/mol. The van der Waals surface area contributed by atoms with Gasteiger partial charge in [-0.1, -0.05) is 49.7 Å². The van der Waals surface area contributed by atoms with Gasteiger partial charge < -0.3 is 15.6 Å². The average molecular weight is 458 g/mol. The summed E-state index contributed by atoms with van der Waals surface area (Å²) in [5.41, 5.74) is 7.10. The molecule has 4 rings (SSSR count). The van der Waals surface area contributed by atoms with E-state index in [0.29, 0.717) is 5.69 Å². The smallest absolute Gasteiger partial charge is 0.744 e. The molecule has 3 aromatic carbocycles. The summed E-state index contributed by atoms with van der Waals surface area (Å²) in [6, 6.07) is 14.6. The Kier molecular flexibility index (Phi) is 6.92. The first-order valence-electron chi connectivity index (χ1n) is 9.69. The second kappa shape index (κ2) is 9.17. The molecule has 7 nitrogen and oxygen atoms in total. The number of carbonyl (C=O) groups is 2. The first-order chi connectivity index (χ1) is 14.7. The number of nitrogen functional groups attached to an aromatic ring is 1. The fourth-order valence-corrected chi connectivity index (χ4v) is 4.48. The van der Waals surface area contributed by atoms with E-state index in [1.807, 2.05) is 25.1 Å². The van der Waals surface area contributed by atoms with Crippen molar-refractivity contribution in [2.45, 2.75) is 24.7 Å². The number of ketones is 2. The Morgan fingerprint density at radius 1 is 0.938 bits per heavy atom. The summed E-state index contributed by atoms with van der Waals surface area (Å²) in [5, 5.41) is 3.02. The molecule has 0 aromatic heterocycles. The predicted octanol–water partition coefficient (Wildman–Crippen LogP) is 0.648. The molecule has 0 saturated heterocycles. The molecule has 1 aliphatic carbocycles. The van der Waals surface area contributed by atoms with Crippen molar-refractivity contribution in [1.82, 2.24) is 0 Å². The van der Waals surface area contributed by atoms with Gasteiger partial charge in [-0.25, -0.2) is 8.42 Å². The summed E-state index contributed by atoms with van der Waals surface area (Å²) in [4.78, 5) is 25.7. The minimum atomic E-state index is -5.00. The molecule has 9 heteroatoms. The first-order valence-corrected chi connectivity index (χ1v) is 11.1. The van der Waals surface area contributed by atoms with Gasteiger partial charge in [0.25, 0.3) is 0 Å². The van der Waals surface area contributed by atoms with Crippen LogP contribution in [0.1, 0.15) is 50.8 Å². The van der Waals surface area contributed by atoms with Gasteiger partial charge in [0.1, 0.15) is 10.1 Å². The van der Waals surface area contributed by atoms with E-state index < -0.39 is 32.3 Å². The van der Waals surface area contributed by atoms with Crippen LogP contribution in [0.3, 0.4) is 0 Å². The first kappa shape index (κ1) is 24.2. The van der Waals surface area contributed by atoms with E-state index in [0.717, 1.165) is 24.5 Å². The Labute approximate surface area is 208 Å². The molecule has 0 heterocycles. The zero-order valence-corrected chi connectivity index (χ0v) is 20.5. The number of carbonyl (C=O) groups excluding carboxylic acids is 2. The third kappa shape index (κ3) is 4.24. The molecule has 0 saturated carbocycles. The van der Waals surface area contributed by atoms with Crippen molar-refractivity contribution in [3.8, 4) is 0 Å². The van der Waals surface area contributed by atoms with Crippen LogP contribution in [-0.2, 0) is 16.5 Å². The molecule has 0 atom stereocenters. The standard InChI is InChI=1S/C23H20N2O5S.Na/c1-2-6-13-7-5-8-14(11-13)25-17-12-18(31(28,29)30)21(24)20-19(17)22(26)15-9-3-4-10-16(15)23(20)27;/h3-5,7-12,25H,2,6,24H2,1H3,(H,28,29,30);/q;+1/p-1.